The summed E-state index contributed by atoms with van der Waals surface area (Å²) in [5.74, 6) is 1.62. The second kappa shape index (κ2) is 5.05. The summed E-state index contributed by atoms with van der Waals surface area (Å²) >= 11 is 0. The first-order valence-electron chi connectivity index (χ1n) is 5.02. The van der Waals surface area contributed by atoms with E-state index in [9.17, 15) is 0 Å². The molecule has 1 aromatic heterocycles. The van der Waals surface area contributed by atoms with Crippen molar-refractivity contribution < 1.29 is 0 Å². The molecule has 0 radical (unpaired) electrons. The molecule has 5 nitrogen and oxygen atoms in total. The first kappa shape index (κ1) is 11.1. The van der Waals surface area contributed by atoms with Crippen LogP contribution in [0.25, 0.3) is 0 Å². The van der Waals surface area contributed by atoms with Crippen molar-refractivity contribution in [2.45, 2.75) is 32.7 Å². The Bertz CT molecular complexity index is 268. The molecule has 0 aliphatic heterocycles. The van der Waals surface area contributed by atoms with Gasteiger partial charge in [-0.25, -0.2) is 4.68 Å². The molecule has 1 atom stereocenters. The van der Waals surface area contributed by atoms with Gasteiger partial charge in [0.1, 0.15) is 0 Å². The summed E-state index contributed by atoms with van der Waals surface area (Å²) < 4.78 is 1.73. The van der Waals surface area contributed by atoms with Gasteiger partial charge >= 0.3 is 0 Å². The molecular weight excluding hydrogens is 178 g/mol. The highest BCUT2D eigenvalue weighted by atomic mass is 15.5. The number of rotatable bonds is 5. The zero-order valence-corrected chi connectivity index (χ0v) is 9.36. The molecule has 1 rings (SSSR count). The molecule has 0 bridgehead atoms. The van der Waals surface area contributed by atoms with E-state index in [1.807, 2.05) is 14.1 Å². The standard InChI is InChI=1S/C9H19N5/c1-7(2)5-8(10-3)6-9-11-12-13-14(9)4/h7-8,10H,5-6H2,1-4H3. The van der Waals surface area contributed by atoms with Gasteiger partial charge in [0.25, 0.3) is 0 Å². The number of hydrogen-bond acceptors (Lipinski definition) is 4. The monoisotopic (exact) mass is 197 g/mol. The Morgan fingerprint density at radius 2 is 2.14 bits per heavy atom. The van der Waals surface area contributed by atoms with Gasteiger partial charge in [0.15, 0.2) is 5.82 Å². The number of nitrogens with zero attached hydrogens (tertiary/aromatic N) is 4. The van der Waals surface area contributed by atoms with Crippen molar-refractivity contribution in [3.63, 3.8) is 0 Å². The van der Waals surface area contributed by atoms with Gasteiger partial charge in [0, 0.05) is 19.5 Å². The Morgan fingerprint density at radius 1 is 1.43 bits per heavy atom. The Morgan fingerprint density at radius 3 is 2.57 bits per heavy atom. The zero-order valence-electron chi connectivity index (χ0n) is 9.36. The lowest BCUT2D eigenvalue weighted by atomic mass is 10.0. The molecule has 0 aliphatic carbocycles. The fourth-order valence-corrected chi connectivity index (χ4v) is 1.51. The second-order valence-electron chi connectivity index (χ2n) is 4.04. The van der Waals surface area contributed by atoms with Crippen LogP contribution in [0, 0.1) is 5.92 Å². The first-order valence-corrected chi connectivity index (χ1v) is 5.02. The smallest absolute Gasteiger partial charge is 0.152 e. The van der Waals surface area contributed by atoms with Gasteiger partial charge in [0.2, 0.25) is 0 Å². The molecule has 0 saturated heterocycles. The summed E-state index contributed by atoms with van der Waals surface area (Å²) in [6.07, 6.45) is 2.03. The predicted molar refractivity (Wildman–Crippen MR) is 54.8 cm³/mol. The number of aryl methyl sites for hydroxylation is 1. The molecule has 5 heteroatoms. The quantitative estimate of drug-likeness (QED) is 0.741. The fourth-order valence-electron chi connectivity index (χ4n) is 1.51. The Kier molecular flexibility index (Phi) is 4.00. The molecule has 0 amide bonds. The fraction of sp³-hybridized carbons (Fsp3) is 0.889. The van der Waals surface area contributed by atoms with Gasteiger partial charge in [-0.15, -0.1) is 5.10 Å². The molecular formula is C9H19N5. The van der Waals surface area contributed by atoms with Gasteiger partial charge in [0.05, 0.1) is 0 Å². The van der Waals surface area contributed by atoms with Crippen molar-refractivity contribution >= 4 is 0 Å². The number of likely N-dealkylation sites (N-methyl/N-ethyl adjacent to an activating group) is 1. The van der Waals surface area contributed by atoms with E-state index in [-0.39, 0.29) is 0 Å². The van der Waals surface area contributed by atoms with E-state index in [4.69, 9.17) is 0 Å². The van der Waals surface area contributed by atoms with Crippen molar-refractivity contribution in [2.24, 2.45) is 13.0 Å². The van der Waals surface area contributed by atoms with Gasteiger partial charge < -0.3 is 5.32 Å². The molecule has 0 spiro atoms. The van der Waals surface area contributed by atoms with Crippen LogP contribution in [0.5, 0.6) is 0 Å². The second-order valence-corrected chi connectivity index (χ2v) is 4.04. The molecule has 80 valence electrons. The first-order chi connectivity index (χ1) is 6.63. The summed E-state index contributed by atoms with van der Waals surface area (Å²) in [6.45, 7) is 4.44. The normalized spacial score (nSPS) is 13.5. The third-order valence-corrected chi connectivity index (χ3v) is 2.30. The number of tetrazole rings is 1. The van der Waals surface area contributed by atoms with E-state index in [0.29, 0.717) is 12.0 Å². The van der Waals surface area contributed by atoms with Crippen LogP contribution >= 0.6 is 0 Å². The summed E-state index contributed by atoms with van der Waals surface area (Å²) in [6, 6.07) is 0.458. The molecule has 0 aliphatic rings. The number of hydrogen-bond donors (Lipinski definition) is 1. The van der Waals surface area contributed by atoms with Crippen molar-refractivity contribution in [1.29, 1.82) is 0 Å². The maximum atomic E-state index is 3.97. The third-order valence-electron chi connectivity index (χ3n) is 2.30. The van der Waals surface area contributed by atoms with Crippen LogP contribution in [-0.2, 0) is 13.5 Å². The molecule has 1 heterocycles. The molecule has 0 aromatic carbocycles. The van der Waals surface area contributed by atoms with Crippen molar-refractivity contribution in [2.75, 3.05) is 7.05 Å². The van der Waals surface area contributed by atoms with Crippen LogP contribution in [-0.4, -0.2) is 33.3 Å². The number of aromatic nitrogens is 4. The molecule has 0 fully saturated rings. The SMILES string of the molecule is CNC(Cc1nnnn1C)CC(C)C. The Hall–Kier alpha value is -0.970. The summed E-state index contributed by atoms with van der Waals surface area (Å²) in [7, 11) is 3.86. The lowest BCUT2D eigenvalue weighted by Crippen LogP contribution is -2.30. The highest BCUT2D eigenvalue weighted by Crippen LogP contribution is 2.08. The summed E-state index contributed by atoms with van der Waals surface area (Å²) in [5.41, 5.74) is 0. The van der Waals surface area contributed by atoms with Crippen LogP contribution in [0.2, 0.25) is 0 Å². The van der Waals surface area contributed by atoms with E-state index in [0.717, 1.165) is 18.7 Å². The van der Waals surface area contributed by atoms with E-state index in [1.54, 1.807) is 4.68 Å². The van der Waals surface area contributed by atoms with E-state index in [2.05, 4.69) is 34.7 Å². The largest absolute Gasteiger partial charge is 0.317 e. The molecule has 1 aromatic rings. The molecule has 1 N–H and O–H groups in total. The maximum Gasteiger partial charge on any atom is 0.152 e. The Balaban J connectivity index is 2.52. The average molecular weight is 197 g/mol. The van der Waals surface area contributed by atoms with Crippen molar-refractivity contribution in [1.82, 2.24) is 25.5 Å². The van der Waals surface area contributed by atoms with E-state index >= 15 is 0 Å². The van der Waals surface area contributed by atoms with E-state index in [1.165, 1.54) is 0 Å². The zero-order chi connectivity index (χ0) is 10.6. The van der Waals surface area contributed by atoms with E-state index < -0.39 is 0 Å². The van der Waals surface area contributed by atoms with Gasteiger partial charge in [-0.1, -0.05) is 13.8 Å². The third kappa shape index (κ3) is 3.06. The van der Waals surface area contributed by atoms with Crippen molar-refractivity contribution in [3.05, 3.63) is 5.82 Å². The summed E-state index contributed by atoms with van der Waals surface area (Å²) in [5, 5.41) is 14.7. The van der Waals surface area contributed by atoms with Crippen LogP contribution in [0.3, 0.4) is 0 Å². The molecule has 1 unspecified atom stereocenters. The van der Waals surface area contributed by atoms with Gasteiger partial charge in [-0.2, -0.15) is 0 Å². The minimum Gasteiger partial charge on any atom is -0.317 e. The topological polar surface area (TPSA) is 55.6 Å². The van der Waals surface area contributed by atoms with Gasteiger partial charge in [-0.05, 0) is 29.8 Å². The summed E-state index contributed by atoms with van der Waals surface area (Å²) in [4.78, 5) is 0. The molecule has 14 heavy (non-hydrogen) atoms. The average Bonchev–Trinajstić information content (AvgIpc) is 2.50. The minimum atomic E-state index is 0.458. The highest BCUT2D eigenvalue weighted by molar-refractivity contribution is 4.86. The number of nitrogens with one attached hydrogen (secondary N) is 1. The minimum absolute atomic E-state index is 0.458. The predicted octanol–water partition coefficient (Wildman–Crippen LogP) is 0.387. The van der Waals surface area contributed by atoms with Crippen molar-refractivity contribution in [3.8, 4) is 0 Å². The van der Waals surface area contributed by atoms with Crippen LogP contribution in [0.1, 0.15) is 26.1 Å². The van der Waals surface area contributed by atoms with Crippen LogP contribution < -0.4 is 5.32 Å². The maximum absolute atomic E-state index is 3.97. The van der Waals surface area contributed by atoms with Crippen LogP contribution in [0.15, 0.2) is 0 Å². The lowest BCUT2D eigenvalue weighted by molar-refractivity contribution is 0.429. The lowest BCUT2D eigenvalue weighted by Gasteiger charge is -2.16. The molecule has 0 saturated carbocycles. The van der Waals surface area contributed by atoms with Crippen LogP contribution in [0.4, 0.5) is 0 Å². The Labute approximate surface area is 84.9 Å². The van der Waals surface area contributed by atoms with Gasteiger partial charge in [-0.3, -0.25) is 0 Å². The highest BCUT2D eigenvalue weighted by Gasteiger charge is 2.12.